The second-order valence-corrected chi connectivity index (χ2v) is 7.72. The van der Waals surface area contributed by atoms with Gasteiger partial charge in [0, 0.05) is 34.7 Å². The van der Waals surface area contributed by atoms with Crippen LogP contribution in [0.4, 0.5) is 4.79 Å². The van der Waals surface area contributed by atoms with Gasteiger partial charge in [0.05, 0.1) is 0 Å². The standard InChI is InChI=1S/C21H45N3.CH2O3/c1-6-7-8-9-10-11-12-13-14-15-16-17-18-19-20-24(5)21(22-2)23(3)4;2-1(3)4/h6-20H2,1-5H3;(H2,2,3,4). The number of nitrogens with zero attached hydrogens (tertiary/aromatic N) is 3. The third-order valence-electron chi connectivity index (χ3n) is 4.79. The molecule has 0 aliphatic heterocycles. The van der Waals surface area contributed by atoms with Crippen molar-refractivity contribution in [2.75, 3.05) is 34.7 Å². The van der Waals surface area contributed by atoms with Gasteiger partial charge in [0.2, 0.25) is 0 Å². The van der Waals surface area contributed by atoms with Gasteiger partial charge in [-0.1, -0.05) is 90.4 Å². The number of unbranched alkanes of at least 4 members (excludes halogenated alkanes) is 13. The van der Waals surface area contributed by atoms with Gasteiger partial charge in [-0.3, -0.25) is 4.99 Å². The second-order valence-electron chi connectivity index (χ2n) is 7.72. The Kier molecular flexibility index (Phi) is 22.4. The first-order valence-electron chi connectivity index (χ1n) is 11.1. The van der Waals surface area contributed by atoms with E-state index in [2.05, 4.69) is 42.9 Å². The van der Waals surface area contributed by atoms with Crippen molar-refractivity contribution in [3.63, 3.8) is 0 Å². The first-order chi connectivity index (χ1) is 13.4. The molecule has 0 amide bonds. The highest BCUT2D eigenvalue weighted by Gasteiger charge is 2.06. The van der Waals surface area contributed by atoms with Gasteiger partial charge in [0.15, 0.2) is 5.96 Å². The number of carbonyl (C=O) groups is 1. The van der Waals surface area contributed by atoms with Crippen LogP contribution in [0, 0.1) is 0 Å². The molecule has 0 unspecified atom stereocenters. The fourth-order valence-corrected chi connectivity index (χ4v) is 3.36. The molecule has 0 saturated heterocycles. The summed E-state index contributed by atoms with van der Waals surface area (Å²) in [5, 5.41) is 13.9. The van der Waals surface area contributed by atoms with Gasteiger partial charge in [0.25, 0.3) is 0 Å². The van der Waals surface area contributed by atoms with Crippen molar-refractivity contribution >= 4 is 12.1 Å². The van der Waals surface area contributed by atoms with Crippen LogP contribution in [0.25, 0.3) is 0 Å². The Morgan fingerprint density at radius 1 is 0.714 bits per heavy atom. The summed E-state index contributed by atoms with van der Waals surface area (Å²) in [4.78, 5) is 17.2. The maximum Gasteiger partial charge on any atom is 0.503 e. The number of carboxylic acid groups (broad SMARTS) is 2. The van der Waals surface area contributed by atoms with E-state index in [1.165, 1.54) is 89.9 Å². The Morgan fingerprint density at radius 2 is 1.04 bits per heavy atom. The fraction of sp³-hybridized carbons (Fsp3) is 0.909. The molecule has 0 aliphatic rings. The summed E-state index contributed by atoms with van der Waals surface area (Å²) in [6.07, 6.45) is 18.0. The summed E-state index contributed by atoms with van der Waals surface area (Å²) < 4.78 is 0. The lowest BCUT2D eigenvalue weighted by Crippen LogP contribution is -2.38. The van der Waals surface area contributed by atoms with Gasteiger partial charge in [-0.2, -0.15) is 0 Å². The van der Waals surface area contributed by atoms with Crippen molar-refractivity contribution in [3.8, 4) is 0 Å². The summed E-state index contributed by atoms with van der Waals surface area (Å²) in [5.41, 5.74) is 0. The van der Waals surface area contributed by atoms with Gasteiger partial charge in [0.1, 0.15) is 0 Å². The van der Waals surface area contributed by atoms with E-state index in [1.807, 2.05) is 7.05 Å². The Hall–Kier alpha value is -1.46. The molecule has 0 aromatic heterocycles. The van der Waals surface area contributed by atoms with Gasteiger partial charge in [-0.25, -0.2) is 4.79 Å². The molecule has 2 N–H and O–H groups in total. The zero-order valence-corrected chi connectivity index (χ0v) is 19.3. The van der Waals surface area contributed by atoms with Crippen molar-refractivity contribution in [1.29, 1.82) is 0 Å². The fourth-order valence-electron chi connectivity index (χ4n) is 3.36. The van der Waals surface area contributed by atoms with Crippen LogP contribution in [0.1, 0.15) is 96.8 Å². The van der Waals surface area contributed by atoms with E-state index in [1.54, 1.807) is 0 Å². The molecule has 28 heavy (non-hydrogen) atoms. The van der Waals surface area contributed by atoms with Crippen LogP contribution in [0.2, 0.25) is 0 Å². The van der Waals surface area contributed by atoms with E-state index in [0.717, 1.165) is 12.5 Å². The lowest BCUT2D eigenvalue weighted by Gasteiger charge is -2.26. The summed E-state index contributed by atoms with van der Waals surface area (Å²) in [6, 6.07) is 0. The van der Waals surface area contributed by atoms with E-state index in [9.17, 15) is 0 Å². The minimum Gasteiger partial charge on any atom is -0.450 e. The van der Waals surface area contributed by atoms with Crippen LogP contribution in [0.5, 0.6) is 0 Å². The van der Waals surface area contributed by atoms with Crippen LogP contribution in [-0.2, 0) is 0 Å². The molecule has 6 nitrogen and oxygen atoms in total. The number of aliphatic imine (C=N–C) groups is 1. The monoisotopic (exact) mass is 401 g/mol. The van der Waals surface area contributed by atoms with Crippen LogP contribution < -0.4 is 0 Å². The normalized spacial score (nSPS) is 11.0. The molecule has 0 rings (SSSR count). The van der Waals surface area contributed by atoms with Crippen LogP contribution in [-0.4, -0.2) is 66.9 Å². The minimum atomic E-state index is -1.83. The first-order valence-corrected chi connectivity index (χ1v) is 11.1. The summed E-state index contributed by atoms with van der Waals surface area (Å²) in [7, 11) is 8.13. The lowest BCUT2D eigenvalue weighted by molar-refractivity contribution is 0.137. The molecule has 0 fully saturated rings. The average Bonchev–Trinajstić information content (AvgIpc) is 2.61. The van der Waals surface area contributed by atoms with E-state index in [4.69, 9.17) is 15.0 Å². The molecule has 0 saturated carbocycles. The Balaban J connectivity index is 0. The molecular weight excluding hydrogens is 354 g/mol. The quantitative estimate of drug-likeness (QED) is 0.195. The zero-order valence-electron chi connectivity index (χ0n) is 19.3. The van der Waals surface area contributed by atoms with Gasteiger partial charge in [-0.05, 0) is 6.42 Å². The highest BCUT2D eigenvalue weighted by Crippen LogP contribution is 2.13. The molecule has 0 aromatic rings. The van der Waals surface area contributed by atoms with Crippen molar-refractivity contribution in [3.05, 3.63) is 0 Å². The van der Waals surface area contributed by atoms with Crippen molar-refractivity contribution in [2.45, 2.75) is 96.8 Å². The maximum atomic E-state index is 8.56. The number of guanidine groups is 1. The Labute approximate surface area is 174 Å². The van der Waals surface area contributed by atoms with Gasteiger partial charge < -0.3 is 20.0 Å². The van der Waals surface area contributed by atoms with Crippen molar-refractivity contribution in [1.82, 2.24) is 9.80 Å². The lowest BCUT2D eigenvalue weighted by atomic mass is 10.0. The molecule has 6 heteroatoms. The number of rotatable bonds is 15. The molecule has 0 atom stereocenters. The summed E-state index contributed by atoms with van der Waals surface area (Å²) in [5.74, 6) is 1.07. The first kappa shape index (κ1) is 28.7. The SMILES string of the molecule is CCCCCCCCCCCCCCCCN(C)C(=NC)N(C)C.O=C(O)O. The van der Waals surface area contributed by atoms with E-state index < -0.39 is 6.16 Å². The summed E-state index contributed by atoms with van der Waals surface area (Å²) in [6.45, 7) is 3.40. The molecule has 0 radical (unpaired) electrons. The number of hydrogen-bond acceptors (Lipinski definition) is 2. The zero-order chi connectivity index (χ0) is 21.6. The van der Waals surface area contributed by atoms with Crippen molar-refractivity contribution < 1.29 is 15.0 Å². The van der Waals surface area contributed by atoms with Crippen LogP contribution >= 0.6 is 0 Å². The van der Waals surface area contributed by atoms with E-state index in [-0.39, 0.29) is 0 Å². The maximum absolute atomic E-state index is 8.56. The molecular formula is C22H47N3O3. The van der Waals surface area contributed by atoms with E-state index >= 15 is 0 Å². The molecule has 0 spiro atoms. The topological polar surface area (TPSA) is 76.4 Å². The third kappa shape index (κ3) is 22.6. The highest BCUT2D eigenvalue weighted by molar-refractivity contribution is 5.79. The Bertz CT molecular complexity index is 370. The Morgan fingerprint density at radius 3 is 1.32 bits per heavy atom. The molecule has 0 bridgehead atoms. The highest BCUT2D eigenvalue weighted by atomic mass is 16.6. The van der Waals surface area contributed by atoms with Gasteiger partial charge >= 0.3 is 6.16 Å². The van der Waals surface area contributed by atoms with Crippen LogP contribution in [0.3, 0.4) is 0 Å². The average molecular weight is 402 g/mol. The van der Waals surface area contributed by atoms with Gasteiger partial charge in [-0.15, -0.1) is 0 Å². The van der Waals surface area contributed by atoms with Crippen molar-refractivity contribution in [2.24, 2.45) is 4.99 Å². The summed E-state index contributed by atoms with van der Waals surface area (Å²) >= 11 is 0. The molecule has 0 heterocycles. The molecule has 0 aliphatic carbocycles. The largest absolute Gasteiger partial charge is 0.503 e. The molecule has 0 aromatic carbocycles. The van der Waals surface area contributed by atoms with E-state index in [0.29, 0.717) is 0 Å². The van der Waals surface area contributed by atoms with Crippen LogP contribution in [0.15, 0.2) is 4.99 Å². The molecule has 168 valence electrons. The predicted octanol–water partition coefficient (Wildman–Crippen LogP) is 6.17. The third-order valence-corrected chi connectivity index (χ3v) is 4.79. The number of hydrogen-bond donors (Lipinski definition) is 2. The minimum absolute atomic E-state index is 1.07. The smallest absolute Gasteiger partial charge is 0.450 e. The second kappa shape index (κ2) is 21.8. The predicted molar refractivity (Wildman–Crippen MR) is 121 cm³/mol.